The highest BCUT2D eigenvalue weighted by Crippen LogP contribution is 2.32. The van der Waals surface area contributed by atoms with E-state index in [9.17, 15) is 18.3 Å². The highest BCUT2D eigenvalue weighted by molar-refractivity contribution is 7.90. The number of hydrogen-bond donors (Lipinski definition) is 1. The molecule has 0 amide bonds. The van der Waals surface area contributed by atoms with E-state index in [4.69, 9.17) is 11.6 Å². The van der Waals surface area contributed by atoms with Crippen molar-refractivity contribution in [3.05, 3.63) is 77.1 Å². The van der Waals surface area contributed by atoms with Crippen molar-refractivity contribution in [3.8, 4) is 11.1 Å². The van der Waals surface area contributed by atoms with Crippen LogP contribution in [0, 0.1) is 0 Å². The Hall–Kier alpha value is -2.57. The number of hydrogen-bond acceptors (Lipinski definition) is 3. The molecule has 0 aliphatic heterocycles. The molecule has 0 aliphatic rings. The summed E-state index contributed by atoms with van der Waals surface area (Å²) in [5.41, 5.74) is 1.49. The van der Waals surface area contributed by atoms with Gasteiger partial charge in [0.25, 0.3) is 10.0 Å². The Balaban J connectivity index is 2.27. The van der Waals surface area contributed by atoms with Gasteiger partial charge >= 0.3 is 5.97 Å². The summed E-state index contributed by atoms with van der Waals surface area (Å²) in [5, 5.41) is 10.2. The number of aromatic carboxylic acids is 1. The maximum Gasteiger partial charge on any atom is 0.354 e. The van der Waals surface area contributed by atoms with Crippen LogP contribution in [0.25, 0.3) is 11.1 Å². The third kappa shape index (κ3) is 3.13. The molecule has 0 atom stereocenters. The van der Waals surface area contributed by atoms with Crippen LogP contribution in [0.3, 0.4) is 0 Å². The fraction of sp³-hybridized carbons (Fsp3) is 0.105. The van der Waals surface area contributed by atoms with Crippen molar-refractivity contribution >= 4 is 27.6 Å². The highest BCUT2D eigenvalue weighted by atomic mass is 35.5. The van der Waals surface area contributed by atoms with Gasteiger partial charge in [0.1, 0.15) is 5.69 Å². The first kappa shape index (κ1) is 18.2. The smallest absolute Gasteiger partial charge is 0.354 e. The molecule has 0 spiro atoms. The number of carboxylic acid groups (broad SMARTS) is 1. The summed E-state index contributed by atoms with van der Waals surface area (Å²) in [6, 6.07) is 14.4. The van der Waals surface area contributed by atoms with Crippen molar-refractivity contribution < 1.29 is 18.3 Å². The summed E-state index contributed by atoms with van der Waals surface area (Å²) in [5.74, 6) is -1.33. The molecule has 0 saturated carbocycles. The van der Waals surface area contributed by atoms with E-state index in [-0.39, 0.29) is 10.6 Å². The lowest BCUT2D eigenvalue weighted by atomic mass is 9.98. The molecule has 0 bridgehead atoms. The Bertz CT molecular complexity index is 1070. The van der Waals surface area contributed by atoms with Gasteiger partial charge in [-0.3, -0.25) is 0 Å². The van der Waals surface area contributed by atoms with Gasteiger partial charge in [-0.05, 0) is 47.9 Å². The van der Waals surface area contributed by atoms with E-state index in [0.717, 1.165) is 9.54 Å². The topological polar surface area (TPSA) is 76.4 Å². The predicted octanol–water partition coefficient (Wildman–Crippen LogP) is 4.31. The second-order valence-electron chi connectivity index (χ2n) is 5.65. The SMILES string of the molecule is CCc1ccc(Cl)cc1-c1ccn(S(=O)(=O)c2ccccc2)c1C(=O)O. The van der Waals surface area contributed by atoms with Gasteiger partial charge in [0.2, 0.25) is 0 Å². The molecule has 1 aromatic heterocycles. The van der Waals surface area contributed by atoms with Gasteiger partial charge in [-0.15, -0.1) is 0 Å². The Kier molecular flexibility index (Phi) is 4.89. The molecule has 134 valence electrons. The van der Waals surface area contributed by atoms with Gasteiger partial charge in [0.15, 0.2) is 0 Å². The maximum absolute atomic E-state index is 12.9. The summed E-state index contributed by atoms with van der Waals surface area (Å²) >= 11 is 6.08. The van der Waals surface area contributed by atoms with E-state index in [0.29, 0.717) is 22.6 Å². The molecule has 1 heterocycles. The van der Waals surface area contributed by atoms with Crippen LogP contribution in [0.1, 0.15) is 23.0 Å². The van der Waals surface area contributed by atoms with Crippen LogP contribution >= 0.6 is 11.6 Å². The van der Waals surface area contributed by atoms with Crippen LogP contribution in [0.4, 0.5) is 0 Å². The fourth-order valence-corrected chi connectivity index (χ4v) is 4.39. The minimum absolute atomic E-state index is 0.0199. The molecule has 0 saturated heterocycles. The number of benzene rings is 2. The fourth-order valence-electron chi connectivity index (χ4n) is 2.86. The van der Waals surface area contributed by atoms with Crippen LogP contribution < -0.4 is 0 Å². The molecule has 5 nitrogen and oxygen atoms in total. The molecule has 0 fully saturated rings. The number of aromatic nitrogens is 1. The van der Waals surface area contributed by atoms with Gasteiger partial charge in [-0.25, -0.2) is 17.2 Å². The zero-order chi connectivity index (χ0) is 18.9. The van der Waals surface area contributed by atoms with Gasteiger partial charge in [0.05, 0.1) is 4.90 Å². The standard InChI is InChI=1S/C19H16ClNO4S/c1-2-13-8-9-14(20)12-17(13)16-10-11-21(18(16)19(22)23)26(24,25)15-6-4-3-5-7-15/h3-12H,2H2,1H3,(H,22,23). The van der Waals surface area contributed by atoms with Crippen molar-refractivity contribution in [1.82, 2.24) is 3.97 Å². The highest BCUT2D eigenvalue weighted by Gasteiger charge is 2.27. The Morgan fingerprint density at radius 1 is 1.08 bits per heavy atom. The average Bonchev–Trinajstić information content (AvgIpc) is 3.08. The summed E-state index contributed by atoms with van der Waals surface area (Å²) in [7, 11) is -4.03. The molecule has 3 aromatic rings. The minimum Gasteiger partial charge on any atom is -0.477 e. The monoisotopic (exact) mass is 389 g/mol. The number of aryl methyl sites for hydroxylation is 1. The van der Waals surface area contributed by atoms with Crippen LogP contribution in [0.5, 0.6) is 0 Å². The first-order valence-electron chi connectivity index (χ1n) is 7.90. The number of nitrogens with zero attached hydrogens (tertiary/aromatic N) is 1. The van der Waals surface area contributed by atoms with E-state index < -0.39 is 16.0 Å². The molecule has 26 heavy (non-hydrogen) atoms. The third-order valence-electron chi connectivity index (χ3n) is 4.10. The zero-order valence-corrected chi connectivity index (χ0v) is 15.5. The summed E-state index contributed by atoms with van der Waals surface area (Å²) in [4.78, 5) is 11.9. The number of halogens is 1. The lowest BCUT2D eigenvalue weighted by molar-refractivity contribution is 0.0690. The molecule has 1 N–H and O–H groups in total. The Labute approximate surface area is 156 Å². The van der Waals surface area contributed by atoms with Gasteiger partial charge in [0, 0.05) is 16.8 Å². The minimum atomic E-state index is -4.03. The van der Waals surface area contributed by atoms with Crippen LogP contribution in [-0.2, 0) is 16.4 Å². The first-order chi connectivity index (χ1) is 12.4. The van der Waals surface area contributed by atoms with Crippen molar-refractivity contribution in [1.29, 1.82) is 0 Å². The summed E-state index contributed by atoms with van der Waals surface area (Å²) in [6.45, 7) is 1.94. The van der Waals surface area contributed by atoms with Crippen LogP contribution in [0.15, 0.2) is 65.7 Å². The molecular weight excluding hydrogens is 374 g/mol. The molecule has 7 heteroatoms. The molecule has 0 radical (unpaired) electrons. The van der Waals surface area contributed by atoms with Gasteiger partial charge in [-0.2, -0.15) is 0 Å². The first-order valence-corrected chi connectivity index (χ1v) is 9.72. The Morgan fingerprint density at radius 2 is 1.77 bits per heavy atom. The van der Waals surface area contributed by atoms with Crippen molar-refractivity contribution in [2.75, 3.05) is 0 Å². The van der Waals surface area contributed by atoms with Crippen molar-refractivity contribution in [3.63, 3.8) is 0 Å². The van der Waals surface area contributed by atoms with Crippen molar-refractivity contribution in [2.45, 2.75) is 18.2 Å². The molecule has 2 aromatic carbocycles. The quantitative estimate of drug-likeness (QED) is 0.705. The summed E-state index contributed by atoms with van der Waals surface area (Å²) in [6.07, 6.45) is 1.92. The third-order valence-corrected chi connectivity index (χ3v) is 6.02. The number of rotatable bonds is 5. The largest absolute Gasteiger partial charge is 0.477 e. The normalized spacial score (nSPS) is 11.5. The average molecular weight is 390 g/mol. The Morgan fingerprint density at radius 3 is 2.38 bits per heavy atom. The van der Waals surface area contributed by atoms with E-state index in [1.165, 1.54) is 24.4 Å². The maximum atomic E-state index is 12.9. The second kappa shape index (κ2) is 6.97. The summed E-state index contributed by atoms with van der Waals surface area (Å²) < 4.78 is 26.6. The van der Waals surface area contributed by atoms with E-state index >= 15 is 0 Å². The van der Waals surface area contributed by atoms with Crippen LogP contribution in [-0.4, -0.2) is 23.5 Å². The lowest BCUT2D eigenvalue weighted by Crippen LogP contribution is -2.18. The van der Waals surface area contributed by atoms with Crippen molar-refractivity contribution in [2.24, 2.45) is 0 Å². The molecule has 3 rings (SSSR count). The van der Waals surface area contributed by atoms with Gasteiger partial charge < -0.3 is 5.11 Å². The second-order valence-corrected chi connectivity index (χ2v) is 7.90. The lowest BCUT2D eigenvalue weighted by Gasteiger charge is -2.12. The van der Waals surface area contributed by atoms with Gasteiger partial charge in [-0.1, -0.05) is 42.8 Å². The zero-order valence-electron chi connectivity index (χ0n) is 13.9. The number of carbonyl (C=O) groups is 1. The molecular formula is C19H16ClNO4S. The number of carboxylic acids is 1. The molecule has 0 unspecified atom stereocenters. The van der Waals surface area contributed by atoms with E-state index in [1.54, 1.807) is 30.3 Å². The van der Waals surface area contributed by atoms with E-state index in [1.807, 2.05) is 13.0 Å². The predicted molar refractivity (Wildman–Crippen MR) is 100 cm³/mol. The van der Waals surface area contributed by atoms with E-state index in [2.05, 4.69) is 0 Å². The van der Waals surface area contributed by atoms with Crippen LogP contribution in [0.2, 0.25) is 5.02 Å². The molecule has 0 aliphatic carbocycles.